The Morgan fingerprint density at radius 2 is 1.90 bits per heavy atom. The van der Waals surface area contributed by atoms with Gasteiger partial charge in [0.2, 0.25) is 5.91 Å². The number of halogens is 3. The summed E-state index contributed by atoms with van der Waals surface area (Å²) in [5.41, 5.74) is 1.03. The molecule has 0 spiro atoms. The van der Waals surface area contributed by atoms with Crippen molar-refractivity contribution in [1.29, 1.82) is 0 Å². The number of alkyl halides is 3. The number of benzene rings is 1. The molecule has 1 rings (SSSR count). The molecule has 7 heteroatoms. The molecular weight excluding hydrogens is 287 g/mol. The molecule has 0 aromatic heterocycles. The van der Waals surface area contributed by atoms with E-state index in [9.17, 15) is 18.0 Å². The molecule has 1 aromatic rings. The van der Waals surface area contributed by atoms with Crippen molar-refractivity contribution in [3.05, 3.63) is 29.8 Å². The summed E-state index contributed by atoms with van der Waals surface area (Å²) < 4.78 is 44.8. The van der Waals surface area contributed by atoms with Gasteiger partial charge in [0.25, 0.3) is 0 Å². The normalized spacial score (nSPS) is 11.2. The van der Waals surface area contributed by atoms with E-state index in [1.165, 1.54) is 0 Å². The number of amides is 1. The molecule has 0 fully saturated rings. The second-order valence-corrected chi connectivity index (χ2v) is 4.37. The lowest BCUT2D eigenvalue weighted by Gasteiger charge is -2.08. The Balaban J connectivity index is 2.12. The van der Waals surface area contributed by atoms with Crippen LogP contribution in [0.15, 0.2) is 24.3 Å². The summed E-state index contributed by atoms with van der Waals surface area (Å²) in [5, 5.41) is 2.63. The fourth-order valence-electron chi connectivity index (χ4n) is 1.58. The summed E-state index contributed by atoms with van der Waals surface area (Å²) in [7, 11) is 1.58. The maximum Gasteiger partial charge on any atom is 0.411 e. The van der Waals surface area contributed by atoms with Gasteiger partial charge in [0.15, 0.2) is 0 Å². The van der Waals surface area contributed by atoms with Crippen molar-refractivity contribution in [1.82, 2.24) is 5.32 Å². The van der Waals surface area contributed by atoms with Crippen LogP contribution >= 0.6 is 0 Å². The molecule has 21 heavy (non-hydrogen) atoms. The van der Waals surface area contributed by atoms with Gasteiger partial charge in [-0.05, 0) is 24.1 Å². The van der Waals surface area contributed by atoms with Crippen molar-refractivity contribution < 1.29 is 27.4 Å². The SMILES string of the molecule is COc1ccc(CCNC(=O)CCOCC(F)(F)F)cc1. The Bertz CT molecular complexity index is 432. The van der Waals surface area contributed by atoms with Crippen molar-refractivity contribution >= 4 is 5.91 Å². The van der Waals surface area contributed by atoms with Gasteiger partial charge < -0.3 is 14.8 Å². The number of ether oxygens (including phenoxy) is 2. The van der Waals surface area contributed by atoms with Gasteiger partial charge in [-0.25, -0.2) is 0 Å². The quantitative estimate of drug-likeness (QED) is 0.750. The molecule has 0 bridgehead atoms. The molecule has 0 saturated heterocycles. The van der Waals surface area contributed by atoms with E-state index in [0.29, 0.717) is 13.0 Å². The molecule has 0 unspecified atom stereocenters. The number of methoxy groups -OCH3 is 1. The van der Waals surface area contributed by atoms with E-state index in [1.54, 1.807) is 7.11 Å². The molecule has 0 heterocycles. The Kier molecular flexibility index (Phi) is 7.01. The molecule has 0 aliphatic carbocycles. The lowest BCUT2D eigenvalue weighted by atomic mass is 10.1. The molecular formula is C14H18F3NO3. The van der Waals surface area contributed by atoms with Crippen LogP contribution in [0.4, 0.5) is 13.2 Å². The van der Waals surface area contributed by atoms with Gasteiger partial charge in [0.1, 0.15) is 12.4 Å². The molecule has 1 aromatic carbocycles. The number of rotatable bonds is 8. The van der Waals surface area contributed by atoms with Gasteiger partial charge in [-0.2, -0.15) is 13.2 Å². The molecule has 1 amide bonds. The average molecular weight is 305 g/mol. The highest BCUT2D eigenvalue weighted by Gasteiger charge is 2.27. The fourth-order valence-corrected chi connectivity index (χ4v) is 1.58. The first kappa shape index (κ1) is 17.3. The standard InChI is InChI=1S/C14H18F3NO3/c1-20-12-4-2-11(3-5-12)6-8-18-13(19)7-9-21-10-14(15,16)17/h2-5H,6-10H2,1H3,(H,18,19). The van der Waals surface area contributed by atoms with Crippen LogP contribution in [0.25, 0.3) is 0 Å². The van der Waals surface area contributed by atoms with Gasteiger partial charge in [-0.3, -0.25) is 4.79 Å². The highest BCUT2D eigenvalue weighted by atomic mass is 19.4. The van der Waals surface area contributed by atoms with Crippen molar-refractivity contribution in [3.63, 3.8) is 0 Å². The fraction of sp³-hybridized carbons (Fsp3) is 0.500. The minimum Gasteiger partial charge on any atom is -0.497 e. The molecule has 0 aliphatic heterocycles. The predicted molar refractivity (Wildman–Crippen MR) is 71.2 cm³/mol. The number of carbonyl (C=O) groups excluding carboxylic acids is 1. The monoisotopic (exact) mass is 305 g/mol. The van der Waals surface area contributed by atoms with Crippen molar-refractivity contribution in [2.24, 2.45) is 0 Å². The van der Waals surface area contributed by atoms with E-state index in [0.717, 1.165) is 11.3 Å². The number of carbonyl (C=O) groups is 1. The van der Waals surface area contributed by atoms with E-state index in [2.05, 4.69) is 10.1 Å². The molecule has 0 aliphatic rings. The van der Waals surface area contributed by atoms with Crippen LogP contribution in [0.3, 0.4) is 0 Å². The molecule has 0 atom stereocenters. The number of nitrogens with one attached hydrogen (secondary N) is 1. The third kappa shape index (κ3) is 8.19. The largest absolute Gasteiger partial charge is 0.497 e. The zero-order valence-corrected chi connectivity index (χ0v) is 11.7. The summed E-state index contributed by atoms with van der Waals surface area (Å²) in [4.78, 5) is 11.4. The van der Waals surface area contributed by atoms with Crippen molar-refractivity contribution in [2.75, 3.05) is 26.9 Å². The summed E-state index contributed by atoms with van der Waals surface area (Å²) in [6.07, 6.45) is -3.80. The number of hydrogen-bond acceptors (Lipinski definition) is 3. The summed E-state index contributed by atoms with van der Waals surface area (Å²) in [6, 6.07) is 7.42. The van der Waals surface area contributed by atoms with Crippen molar-refractivity contribution in [2.45, 2.75) is 19.0 Å². The van der Waals surface area contributed by atoms with E-state index < -0.39 is 12.8 Å². The van der Waals surface area contributed by atoms with Gasteiger partial charge in [0.05, 0.1) is 13.7 Å². The topological polar surface area (TPSA) is 47.6 Å². The average Bonchev–Trinajstić information content (AvgIpc) is 2.43. The molecule has 0 radical (unpaired) electrons. The number of hydrogen-bond donors (Lipinski definition) is 1. The lowest BCUT2D eigenvalue weighted by molar-refractivity contribution is -0.174. The summed E-state index contributed by atoms with van der Waals surface area (Å²) in [6.45, 7) is -1.15. The van der Waals surface area contributed by atoms with Gasteiger partial charge >= 0.3 is 6.18 Å². The Hall–Kier alpha value is -1.76. The van der Waals surface area contributed by atoms with Gasteiger partial charge in [-0.15, -0.1) is 0 Å². The third-order valence-electron chi connectivity index (χ3n) is 2.63. The second kappa shape index (κ2) is 8.51. The predicted octanol–water partition coefficient (Wildman–Crippen LogP) is 2.32. The van der Waals surface area contributed by atoms with Gasteiger partial charge in [-0.1, -0.05) is 12.1 Å². The first-order valence-electron chi connectivity index (χ1n) is 6.45. The Morgan fingerprint density at radius 1 is 1.24 bits per heavy atom. The smallest absolute Gasteiger partial charge is 0.411 e. The minimum atomic E-state index is -4.36. The van der Waals surface area contributed by atoms with Crippen molar-refractivity contribution in [3.8, 4) is 5.75 Å². The highest BCUT2D eigenvalue weighted by Crippen LogP contribution is 2.14. The van der Waals surface area contributed by atoms with Gasteiger partial charge in [0, 0.05) is 13.0 Å². The molecule has 0 saturated carbocycles. The summed E-state index contributed by atoms with van der Waals surface area (Å²) in [5.74, 6) is 0.426. The van der Waals surface area contributed by atoms with Crippen LogP contribution in [-0.2, 0) is 16.0 Å². The molecule has 4 nitrogen and oxygen atoms in total. The minimum absolute atomic E-state index is 0.0846. The second-order valence-electron chi connectivity index (χ2n) is 4.37. The van der Waals surface area contributed by atoms with Crippen LogP contribution < -0.4 is 10.1 Å². The van der Waals surface area contributed by atoms with E-state index in [4.69, 9.17) is 4.74 Å². The highest BCUT2D eigenvalue weighted by molar-refractivity contribution is 5.75. The maximum atomic E-state index is 11.8. The first-order valence-corrected chi connectivity index (χ1v) is 6.45. The van der Waals surface area contributed by atoms with E-state index in [1.807, 2.05) is 24.3 Å². The Morgan fingerprint density at radius 3 is 2.48 bits per heavy atom. The lowest BCUT2D eigenvalue weighted by Crippen LogP contribution is -2.27. The zero-order chi connectivity index (χ0) is 15.7. The van der Waals surface area contributed by atoms with Crippen LogP contribution in [0.1, 0.15) is 12.0 Å². The molecule has 118 valence electrons. The van der Waals surface area contributed by atoms with Crippen LogP contribution in [0.2, 0.25) is 0 Å². The van der Waals surface area contributed by atoms with Crippen LogP contribution in [-0.4, -0.2) is 39.0 Å². The first-order chi connectivity index (χ1) is 9.90. The van der Waals surface area contributed by atoms with Crippen LogP contribution in [0.5, 0.6) is 5.75 Å². The third-order valence-corrected chi connectivity index (χ3v) is 2.63. The zero-order valence-electron chi connectivity index (χ0n) is 11.7. The van der Waals surface area contributed by atoms with Crippen LogP contribution in [0, 0.1) is 0 Å². The maximum absolute atomic E-state index is 11.8. The van der Waals surface area contributed by atoms with E-state index in [-0.39, 0.29) is 18.9 Å². The van der Waals surface area contributed by atoms with E-state index >= 15 is 0 Å². The Labute approximate surface area is 121 Å². The molecule has 1 N–H and O–H groups in total. The summed E-state index contributed by atoms with van der Waals surface area (Å²) >= 11 is 0.